The first-order chi connectivity index (χ1) is 23.6. The van der Waals surface area contributed by atoms with E-state index < -0.39 is 73.5 Å². The number of piperidine rings is 1. The number of rotatable bonds is 17. The van der Waals surface area contributed by atoms with Crippen LogP contribution in [-0.2, 0) is 39.5 Å². The van der Waals surface area contributed by atoms with Gasteiger partial charge in [0.25, 0.3) is 0 Å². The number of nitrogens with one attached hydrogen (secondary N) is 5. The maximum atomic E-state index is 13.9. The Morgan fingerprint density at radius 3 is 2.38 bits per heavy atom. The Hall–Kier alpha value is -4.28. The minimum Gasteiger partial charge on any atom is -0.370 e. The number of amides is 5. The third kappa shape index (κ3) is 12.2. The number of primary amides is 1. The van der Waals surface area contributed by atoms with Crippen molar-refractivity contribution in [3.63, 3.8) is 0 Å². The number of phosphoric acid groups is 1. The summed E-state index contributed by atoms with van der Waals surface area (Å²) in [5, 5.41) is 19.4. The average molecular weight is 739 g/mol. The average Bonchev–Trinajstić information content (AvgIpc) is 3.06. The van der Waals surface area contributed by atoms with Crippen LogP contribution in [-0.4, -0.2) is 99.4 Å². The molecule has 0 saturated carbocycles. The number of alkyl halides is 1. The molecule has 5 amide bonds. The van der Waals surface area contributed by atoms with Crippen LogP contribution in [0.15, 0.2) is 42.5 Å². The van der Waals surface area contributed by atoms with Crippen molar-refractivity contribution in [3.8, 4) is 0 Å². The second-order valence-electron chi connectivity index (χ2n) is 11.9. The molecule has 1 fully saturated rings. The molecular weight excluding hydrogens is 695 g/mol. The third-order valence-corrected chi connectivity index (χ3v) is 8.95. The van der Waals surface area contributed by atoms with E-state index >= 15 is 0 Å². The Kier molecular flexibility index (Phi) is 15.0. The van der Waals surface area contributed by atoms with Gasteiger partial charge < -0.3 is 47.4 Å². The van der Waals surface area contributed by atoms with Crippen molar-refractivity contribution in [2.75, 3.05) is 19.0 Å². The van der Waals surface area contributed by atoms with Gasteiger partial charge in [0.15, 0.2) is 5.96 Å². The first-order valence-electron chi connectivity index (χ1n) is 15.9. The topological polar surface area (TPSA) is 279 Å². The van der Waals surface area contributed by atoms with E-state index in [0.29, 0.717) is 24.8 Å². The van der Waals surface area contributed by atoms with Crippen LogP contribution in [0.5, 0.6) is 0 Å². The number of nitrogens with zero attached hydrogens (tertiary/aromatic N) is 1. The van der Waals surface area contributed by atoms with Gasteiger partial charge >= 0.3 is 7.82 Å². The van der Waals surface area contributed by atoms with E-state index in [1.807, 2.05) is 36.4 Å². The molecule has 0 spiro atoms. The van der Waals surface area contributed by atoms with E-state index in [1.165, 1.54) is 11.8 Å². The van der Waals surface area contributed by atoms with E-state index in [4.69, 9.17) is 33.0 Å². The number of halogens is 1. The van der Waals surface area contributed by atoms with Crippen LogP contribution in [0.25, 0.3) is 10.8 Å². The second-order valence-corrected chi connectivity index (χ2v) is 13.4. The molecule has 1 aliphatic heterocycles. The molecule has 5 atom stereocenters. The van der Waals surface area contributed by atoms with Crippen LogP contribution >= 0.6 is 19.4 Å². The van der Waals surface area contributed by atoms with Gasteiger partial charge in [0.1, 0.15) is 30.0 Å². The molecule has 0 radical (unpaired) electrons. The van der Waals surface area contributed by atoms with Gasteiger partial charge in [-0.2, -0.15) is 0 Å². The Balaban J connectivity index is 1.89. The number of hydrogen-bond acceptors (Lipinski definition) is 8. The standard InChI is InChI=1S/C31H44ClN8O9P/c1-18(49-50(46,47)48)26(39-25(41)17-32)30(45)40-14-5-4-10-24(40)29(44)38-23(16-19-11-12-20-7-2-3-8-21(20)15-19)28(43)37-22(27(33)42)9-6-13-36-31(34)35/h2-3,7-8,11-12,15,18,22-24,26H,4-6,9-10,13-14,16-17H2,1H3,(H2,33,42)(H,37,43)(H,38,44)(H,39,41)(H4,34,35,36)(H2,46,47,48)/t18?,22-,23-,24-,26?/m0/s1. The van der Waals surface area contributed by atoms with Gasteiger partial charge in [0.05, 0.1) is 6.10 Å². The fourth-order valence-corrected chi connectivity index (χ4v) is 6.31. The molecule has 11 N–H and O–H groups in total. The highest BCUT2D eigenvalue weighted by molar-refractivity contribution is 7.46. The fourth-order valence-electron chi connectivity index (χ4n) is 5.68. The summed E-state index contributed by atoms with van der Waals surface area (Å²) < 4.78 is 16.3. The second kappa shape index (κ2) is 18.6. The molecule has 2 aromatic carbocycles. The van der Waals surface area contributed by atoms with E-state index in [2.05, 4.69) is 21.3 Å². The summed E-state index contributed by atoms with van der Waals surface area (Å²) >= 11 is 5.61. The molecule has 274 valence electrons. The number of hydrogen-bond donors (Lipinski definition) is 9. The first-order valence-corrected chi connectivity index (χ1v) is 18.0. The summed E-state index contributed by atoms with van der Waals surface area (Å²) in [4.78, 5) is 85.8. The number of nitrogens with two attached hydrogens (primary N) is 2. The van der Waals surface area contributed by atoms with E-state index in [0.717, 1.165) is 10.8 Å². The van der Waals surface area contributed by atoms with E-state index in [9.17, 15) is 38.3 Å². The Labute approximate surface area is 293 Å². The van der Waals surface area contributed by atoms with E-state index in [-0.39, 0.29) is 38.3 Å². The zero-order valence-corrected chi connectivity index (χ0v) is 29.1. The minimum atomic E-state index is -5.08. The molecule has 50 heavy (non-hydrogen) atoms. The van der Waals surface area contributed by atoms with Gasteiger partial charge in [0.2, 0.25) is 29.5 Å². The van der Waals surface area contributed by atoms with Gasteiger partial charge in [-0.1, -0.05) is 42.5 Å². The van der Waals surface area contributed by atoms with Crippen LogP contribution in [0.3, 0.4) is 0 Å². The summed E-state index contributed by atoms with van der Waals surface area (Å²) in [6, 6.07) is 8.02. The Morgan fingerprint density at radius 2 is 1.74 bits per heavy atom. The van der Waals surface area contributed by atoms with Crippen LogP contribution in [0.2, 0.25) is 0 Å². The van der Waals surface area contributed by atoms with Crippen LogP contribution in [0, 0.1) is 5.41 Å². The molecule has 1 heterocycles. The van der Waals surface area contributed by atoms with Gasteiger partial charge in [-0.3, -0.25) is 33.9 Å². The van der Waals surface area contributed by atoms with Gasteiger partial charge in [-0.05, 0) is 55.4 Å². The number of guanidine groups is 1. The molecule has 0 aliphatic carbocycles. The molecule has 0 bridgehead atoms. The molecule has 0 aromatic heterocycles. The Bertz CT molecular complexity index is 1610. The molecule has 2 aromatic rings. The lowest BCUT2D eigenvalue weighted by Crippen LogP contribution is -2.62. The Morgan fingerprint density at radius 1 is 1.04 bits per heavy atom. The molecule has 3 rings (SSSR count). The highest BCUT2D eigenvalue weighted by atomic mass is 35.5. The van der Waals surface area contributed by atoms with Crippen molar-refractivity contribution in [2.24, 2.45) is 11.5 Å². The monoisotopic (exact) mass is 738 g/mol. The van der Waals surface area contributed by atoms with Crippen LogP contribution < -0.4 is 32.7 Å². The van der Waals surface area contributed by atoms with Crippen LogP contribution in [0.4, 0.5) is 0 Å². The van der Waals surface area contributed by atoms with Crippen molar-refractivity contribution in [2.45, 2.75) is 75.7 Å². The normalized spacial score (nSPS) is 17.1. The summed E-state index contributed by atoms with van der Waals surface area (Å²) in [5.41, 5.74) is 11.6. The molecule has 1 saturated heterocycles. The van der Waals surface area contributed by atoms with Crippen molar-refractivity contribution in [1.82, 2.24) is 26.2 Å². The number of benzene rings is 2. The van der Waals surface area contributed by atoms with Gasteiger partial charge in [-0.15, -0.1) is 11.6 Å². The van der Waals surface area contributed by atoms with Crippen LogP contribution in [0.1, 0.15) is 44.6 Å². The fraction of sp³-hybridized carbons (Fsp3) is 0.484. The number of carbonyl (C=O) groups is 5. The third-order valence-electron chi connectivity index (χ3n) is 8.10. The van der Waals surface area contributed by atoms with Gasteiger partial charge in [0, 0.05) is 19.5 Å². The molecule has 1 aliphatic rings. The van der Waals surface area contributed by atoms with Crippen molar-refractivity contribution >= 4 is 65.7 Å². The lowest BCUT2D eigenvalue weighted by Gasteiger charge is -2.38. The summed E-state index contributed by atoms with van der Waals surface area (Å²) in [7, 11) is -5.08. The predicted molar refractivity (Wildman–Crippen MR) is 184 cm³/mol. The number of likely N-dealkylation sites (tertiary alicyclic amines) is 1. The largest absolute Gasteiger partial charge is 0.469 e. The number of phosphoric ester groups is 1. The lowest BCUT2D eigenvalue weighted by molar-refractivity contribution is -0.147. The van der Waals surface area contributed by atoms with Crippen molar-refractivity contribution < 1.29 is 42.8 Å². The number of fused-ring (bicyclic) bond motifs is 1. The molecule has 17 nitrogen and oxygen atoms in total. The summed E-state index contributed by atoms with van der Waals surface area (Å²) in [6.45, 7) is 1.50. The van der Waals surface area contributed by atoms with Gasteiger partial charge in [-0.25, -0.2) is 4.57 Å². The maximum Gasteiger partial charge on any atom is 0.469 e. The molecule has 19 heteroatoms. The SMILES string of the molecule is CC(OP(=O)(O)O)C(NC(=O)CCl)C(=O)N1CCCC[C@H]1C(=O)N[C@@H](Cc1ccc2ccccc2c1)C(=O)N[C@@H](CCCNC(=N)N)C(N)=O. The first kappa shape index (κ1) is 40.2. The molecular formula is C31H44ClN8O9P. The zero-order chi connectivity index (χ0) is 37.0. The highest BCUT2D eigenvalue weighted by Gasteiger charge is 2.41. The minimum absolute atomic E-state index is 0.00200. The highest BCUT2D eigenvalue weighted by Crippen LogP contribution is 2.38. The van der Waals surface area contributed by atoms with Crippen molar-refractivity contribution in [1.29, 1.82) is 5.41 Å². The smallest absolute Gasteiger partial charge is 0.370 e. The van der Waals surface area contributed by atoms with Crippen molar-refractivity contribution in [3.05, 3.63) is 48.0 Å². The van der Waals surface area contributed by atoms with E-state index in [1.54, 1.807) is 6.07 Å². The zero-order valence-electron chi connectivity index (χ0n) is 27.5. The summed E-state index contributed by atoms with van der Waals surface area (Å²) in [5.74, 6) is -4.68. The maximum absolute atomic E-state index is 13.9. The number of carbonyl (C=O) groups excluding carboxylic acids is 5. The quantitative estimate of drug-likeness (QED) is 0.0334. The summed E-state index contributed by atoms with van der Waals surface area (Å²) in [6.07, 6.45) is 0.144. The predicted octanol–water partition coefficient (Wildman–Crippen LogP) is -0.297. The lowest BCUT2D eigenvalue weighted by atomic mass is 9.97. The molecule has 2 unspecified atom stereocenters.